The Hall–Kier alpha value is -1.94. The molecule has 1 aromatic carbocycles. The molecule has 0 aliphatic rings. The van der Waals surface area contributed by atoms with Gasteiger partial charge >= 0.3 is 5.63 Å². The van der Waals surface area contributed by atoms with Gasteiger partial charge < -0.3 is 4.42 Å². The number of hydrogen-bond donors (Lipinski definition) is 0. The molecule has 3 rings (SSSR count). The molecule has 0 amide bonds. The van der Waals surface area contributed by atoms with E-state index in [0.717, 1.165) is 15.4 Å². The van der Waals surface area contributed by atoms with Crippen LogP contribution in [0.5, 0.6) is 0 Å². The quantitative estimate of drug-likeness (QED) is 0.645. The number of aromatic nitrogens is 1. The van der Waals surface area contributed by atoms with Crippen LogP contribution in [0.15, 0.2) is 62.5 Å². The average Bonchev–Trinajstić information content (AvgIpc) is 2.39. The molecule has 0 spiro atoms. The van der Waals surface area contributed by atoms with Gasteiger partial charge in [0.15, 0.2) is 0 Å². The summed E-state index contributed by atoms with van der Waals surface area (Å²) in [7, 11) is 0. The summed E-state index contributed by atoms with van der Waals surface area (Å²) in [4.78, 5) is 15.9. The highest BCUT2D eigenvalue weighted by molar-refractivity contribution is 9.10. The number of benzene rings is 1. The minimum absolute atomic E-state index is 0.337. The van der Waals surface area contributed by atoms with E-state index in [0.29, 0.717) is 11.1 Å². The van der Waals surface area contributed by atoms with Gasteiger partial charge in [-0.2, -0.15) is 0 Å². The van der Waals surface area contributed by atoms with E-state index in [1.807, 2.05) is 18.2 Å². The summed E-state index contributed by atoms with van der Waals surface area (Å²) >= 11 is 3.40. The summed E-state index contributed by atoms with van der Waals surface area (Å²) in [5, 5.41) is 0.885. The van der Waals surface area contributed by atoms with Gasteiger partial charge in [-0.25, -0.2) is 4.79 Å². The highest BCUT2D eigenvalue weighted by atomic mass is 79.9. The molecule has 0 saturated carbocycles. The lowest BCUT2D eigenvalue weighted by Crippen LogP contribution is -2.02. The normalized spacial score (nSPS) is 10.7. The van der Waals surface area contributed by atoms with Gasteiger partial charge in [-0.3, -0.25) is 4.98 Å². The number of nitrogens with zero attached hydrogens (tertiary/aromatic N) is 1. The van der Waals surface area contributed by atoms with Gasteiger partial charge in [0.05, 0.1) is 5.56 Å². The van der Waals surface area contributed by atoms with Crippen molar-refractivity contribution in [2.24, 2.45) is 0 Å². The van der Waals surface area contributed by atoms with Gasteiger partial charge in [0.25, 0.3) is 0 Å². The van der Waals surface area contributed by atoms with Crippen LogP contribution in [0.2, 0.25) is 0 Å². The summed E-state index contributed by atoms with van der Waals surface area (Å²) in [5.41, 5.74) is 1.60. The second-order valence-corrected chi connectivity index (χ2v) is 4.78. The lowest BCUT2D eigenvalue weighted by Gasteiger charge is -2.02. The van der Waals surface area contributed by atoms with E-state index in [4.69, 9.17) is 4.42 Å². The molecule has 0 aliphatic heterocycles. The average molecular weight is 302 g/mol. The Labute approximate surface area is 111 Å². The molecule has 2 aromatic heterocycles. The van der Waals surface area contributed by atoms with E-state index in [-0.39, 0.29) is 5.63 Å². The smallest absolute Gasteiger partial charge is 0.344 e. The van der Waals surface area contributed by atoms with Gasteiger partial charge in [-0.1, -0.05) is 15.9 Å². The number of pyridine rings is 1. The molecular weight excluding hydrogens is 294 g/mol. The maximum Gasteiger partial charge on any atom is 0.344 e. The minimum Gasteiger partial charge on any atom is -0.422 e. The molecule has 3 aromatic rings. The van der Waals surface area contributed by atoms with E-state index < -0.39 is 0 Å². The predicted octanol–water partition coefficient (Wildman–Crippen LogP) is 3.62. The fraction of sp³-hybridized carbons (Fsp3) is 0. The maximum atomic E-state index is 11.9. The first-order chi connectivity index (χ1) is 8.74. The largest absolute Gasteiger partial charge is 0.422 e. The van der Waals surface area contributed by atoms with Crippen LogP contribution in [0, 0.1) is 0 Å². The van der Waals surface area contributed by atoms with Crippen molar-refractivity contribution in [2.75, 3.05) is 0 Å². The third-order valence-corrected chi connectivity index (χ3v) is 3.18. The molecule has 0 saturated heterocycles. The summed E-state index contributed by atoms with van der Waals surface area (Å²) in [6, 6.07) is 10.9. The van der Waals surface area contributed by atoms with Crippen molar-refractivity contribution in [3.05, 3.63) is 63.7 Å². The molecule has 0 unspecified atom stereocenters. The van der Waals surface area contributed by atoms with Crippen molar-refractivity contribution in [3.63, 3.8) is 0 Å². The van der Waals surface area contributed by atoms with E-state index in [2.05, 4.69) is 20.9 Å². The Morgan fingerprint density at radius 3 is 2.61 bits per heavy atom. The van der Waals surface area contributed by atoms with Crippen LogP contribution in [-0.4, -0.2) is 4.98 Å². The van der Waals surface area contributed by atoms with Crippen LogP contribution in [0.4, 0.5) is 0 Å². The van der Waals surface area contributed by atoms with Crippen molar-refractivity contribution in [1.82, 2.24) is 4.98 Å². The van der Waals surface area contributed by atoms with Crippen molar-refractivity contribution in [1.29, 1.82) is 0 Å². The molecule has 0 aliphatic carbocycles. The van der Waals surface area contributed by atoms with Crippen LogP contribution in [-0.2, 0) is 0 Å². The van der Waals surface area contributed by atoms with Crippen LogP contribution in [0.1, 0.15) is 0 Å². The Morgan fingerprint density at radius 2 is 1.83 bits per heavy atom. The van der Waals surface area contributed by atoms with Gasteiger partial charge in [0, 0.05) is 22.3 Å². The lowest BCUT2D eigenvalue weighted by atomic mass is 10.1. The second-order valence-electron chi connectivity index (χ2n) is 3.87. The zero-order valence-corrected chi connectivity index (χ0v) is 10.8. The Bertz CT molecular complexity index is 766. The van der Waals surface area contributed by atoms with Crippen LogP contribution < -0.4 is 5.63 Å². The second kappa shape index (κ2) is 4.38. The molecule has 4 heteroatoms. The highest BCUT2D eigenvalue weighted by Gasteiger charge is 2.07. The van der Waals surface area contributed by atoms with Gasteiger partial charge in [0.2, 0.25) is 0 Å². The summed E-state index contributed by atoms with van der Waals surface area (Å²) in [6.07, 6.45) is 3.31. The monoisotopic (exact) mass is 301 g/mol. The van der Waals surface area contributed by atoms with Gasteiger partial charge in [-0.05, 0) is 42.0 Å². The summed E-state index contributed by atoms with van der Waals surface area (Å²) in [6.45, 7) is 0. The van der Waals surface area contributed by atoms with Crippen molar-refractivity contribution in [2.45, 2.75) is 0 Å². The lowest BCUT2D eigenvalue weighted by molar-refractivity contribution is 0.563. The molecule has 0 bridgehead atoms. The van der Waals surface area contributed by atoms with E-state index >= 15 is 0 Å². The highest BCUT2D eigenvalue weighted by Crippen LogP contribution is 2.23. The first-order valence-electron chi connectivity index (χ1n) is 5.38. The number of fused-ring (bicyclic) bond motifs is 1. The van der Waals surface area contributed by atoms with E-state index in [1.165, 1.54) is 0 Å². The predicted molar refractivity (Wildman–Crippen MR) is 73.4 cm³/mol. The van der Waals surface area contributed by atoms with E-state index in [9.17, 15) is 4.79 Å². The zero-order chi connectivity index (χ0) is 12.5. The summed E-state index contributed by atoms with van der Waals surface area (Å²) in [5.74, 6) is 0. The van der Waals surface area contributed by atoms with Crippen LogP contribution in [0.25, 0.3) is 22.1 Å². The van der Waals surface area contributed by atoms with Crippen molar-refractivity contribution >= 4 is 26.9 Å². The van der Waals surface area contributed by atoms with Crippen LogP contribution >= 0.6 is 15.9 Å². The van der Waals surface area contributed by atoms with Crippen LogP contribution in [0.3, 0.4) is 0 Å². The van der Waals surface area contributed by atoms with Crippen molar-refractivity contribution < 1.29 is 4.42 Å². The maximum absolute atomic E-state index is 11.9. The van der Waals surface area contributed by atoms with Gasteiger partial charge in [0.1, 0.15) is 5.58 Å². The van der Waals surface area contributed by atoms with Crippen molar-refractivity contribution in [3.8, 4) is 11.1 Å². The molecule has 0 fully saturated rings. The minimum atomic E-state index is -0.337. The van der Waals surface area contributed by atoms with E-state index in [1.54, 1.807) is 30.6 Å². The standard InChI is InChI=1S/C14H8BrNO2/c15-11-1-2-13-10(7-11)8-12(14(17)18-13)9-3-5-16-6-4-9/h1-8H. The third kappa shape index (κ3) is 1.95. The number of halogens is 1. The molecule has 0 atom stereocenters. The Morgan fingerprint density at radius 1 is 1.06 bits per heavy atom. The molecule has 18 heavy (non-hydrogen) atoms. The molecule has 0 radical (unpaired) electrons. The molecular formula is C14H8BrNO2. The fourth-order valence-electron chi connectivity index (χ4n) is 1.83. The topological polar surface area (TPSA) is 43.1 Å². The first kappa shape index (κ1) is 11.2. The molecule has 3 nitrogen and oxygen atoms in total. The first-order valence-corrected chi connectivity index (χ1v) is 6.17. The number of rotatable bonds is 1. The SMILES string of the molecule is O=c1oc2ccc(Br)cc2cc1-c1ccncc1. The third-order valence-electron chi connectivity index (χ3n) is 2.69. The zero-order valence-electron chi connectivity index (χ0n) is 9.26. The molecule has 0 N–H and O–H groups in total. The van der Waals surface area contributed by atoms with Gasteiger partial charge in [-0.15, -0.1) is 0 Å². The summed E-state index contributed by atoms with van der Waals surface area (Å²) < 4.78 is 6.25. The molecule has 88 valence electrons. The Balaban J connectivity index is 2.31. The fourth-order valence-corrected chi connectivity index (χ4v) is 2.21. The molecule has 2 heterocycles. The number of hydrogen-bond acceptors (Lipinski definition) is 3. The Kier molecular flexibility index (Phi) is 2.72.